The molecule has 1 aliphatic heterocycles. The number of carbonyl (C=O) groups is 1. The average molecular weight is 250 g/mol. The summed E-state index contributed by atoms with van der Waals surface area (Å²) < 4.78 is 13.6. The van der Waals surface area contributed by atoms with E-state index in [-0.39, 0.29) is 17.5 Å². The molecule has 1 amide bonds. The molecule has 0 N–H and O–H groups in total. The Labute approximate surface area is 107 Å². The molecule has 0 spiro atoms. The number of halogens is 1. The zero-order valence-electron chi connectivity index (χ0n) is 11.1. The number of amides is 1. The second-order valence-electron chi connectivity index (χ2n) is 5.36. The van der Waals surface area contributed by atoms with Gasteiger partial charge in [-0.1, -0.05) is 13.8 Å². The van der Waals surface area contributed by atoms with Gasteiger partial charge in [-0.3, -0.25) is 4.79 Å². The number of aromatic nitrogens is 1. The minimum Gasteiger partial charge on any atom is -0.335 e. The lowest BCUT2D eigenvalue weighted by Crippen LogP contribution is -2.49. The summed E-state index contributed by atoms with van der Waals surface area (Å²) in [4.78, 5) is 17.7. The molecule has 18 heavy (non-hydrogen) atoms. The highest BCUT2D eigenvalue weighted by molar-refractivity contribution is 5.94. The molecule has 2 rings (SSSR count). The second kappa shape index (κ2) is 5.04. The van der Waals surface area contributed by atoms with E-state index in [1.54, 1.807) is 11.0 Å². The van der Waals surface area contributed by atoms with Crippen molar-refractivity contribution in [3.63, 3.8) is 0 Å². The summed E-state index contributed by atoms with van der Waals surface area (Å²) in [6.07, 6.45) is 2.47. The van der Waals surface area contributed by atoms with Crippen LogP contribution in [0.1, 0.15) is 37.6 Å². The number of hydrogen-bond acceptors (Lipinski definition) is 2. The summed E-state index contributed by atoms with van der Waals surface area (Å²) in [6.45, 7) is 6.99. The predicted molar refractivity (Wildman–Crippen MR) is 67.6 cm³/mol. The fourth-order valence-corrected chi connectivity index (χ4v) is 2.68. The quantitative estimate of drug-likeness (QED) is 0.718. The summed E-state index contributed by atoms with van der Waals surface area (Å²) in [5.74, 6) is -0.0237. The smallest absolute Gasteiger partial charge is 0.258 e. The molecule has 1 aliphatic rings. The first-order valence-electron chi connectivity index (χ1n) is 6.42. The van der Waals surface area contributed by atoms with E-state index in [0.29, 0.717) is 18.4 Å². The van der Waals surface area contributed by atoms with Crippen molar-refractivity contribution in [2.75, 3.05) is 6.54 Å². The fraction of sp³-hybridized carbons (Fsp3) is 0.571. The van der Waals surface area contributed by atoms with E-state index in [9.17, 15) is 9.18 Å². The highest BCUT2D eigenvalue weighted by atomic mass is 19.1. The largest absolute Gasteiger partial charge is 0.335 e. The van der Waals surface area contributed by atoms with Crippen LogP contribution < -0.4 is 0 Å². The number of nitrogens with zero attached hydrogens (tertiary/aromatic N) is 2. The van der Waals surface area contributed by atoms with Gasteiger partial charge < -0.3 is 4.90 Å². The molecular formula is C14H19FN2O. The van der Waals surface area contributed by atoms with Crippen LogP contribution in [-0.2, 0) is 0 Å². The fourth-order valence-electron chi connectivity index (χ4n) is 2.68. The Hall–Kier alpha value is -1.45. The van der Waals surface area contributed by atoms with Gasteiger partial charge in [0.25, 0.3) is 5.91 Å². The molecule has 3 unspecified atom stereocenters. The number of piperidine rings is 1. The van der Waals surface area contributed by atoms with Crippen LogP contribution in [0.25, 0.3) is 0 Å². The molecular weight excluding hydrogens is 231 g/mol. The molecule has 2 heterocycles. The number of rotatable bonds is 1. The van der Waals surface area contributed by atoms with E-state index in [2.05, 4.69) is 18.8 Å². The molecule has 98 valence electrons. The lowest BCUT2D eigenvalue weighted by atomic mass is 9.85. The maximum atomic E-state index is 13.6. The molecule has 0 aliphatic carbocycles. The van der Waals surface area contributed by atoms with Crippen LogP contribution in [0.15, 0.2) is 18.3 Å². The summed E-state index contributed by atoms with van der Waals surface area (Å²) in [5, 5.41) is 0. The van der Waals surface area contributed by atoms with Crippen LogP contribution in [0.4, 0.5) is 4.39 Å². The second-order valence-corrected chi connectivity index (χ2v) is 5.36. The molecule has 0 radical (unpaired) electrons. The summed E-state index contributed by atoms with van der Waals surface area (Å²) >= 11 is 0. The first kappa shape index (κ1) is 13.0. The molecule has 1 aromatic rings. The molecule has 3 nitrogen and oxygen atoms in total. The zero-order chi connectivity index (χ0) is 13.3. The van der Waals surface area contributed by atoms with Crippen molar-refractivity contribution in [1.29, 1.82) is 0 Å². The van der Waals surface area contributed by atoms with Gasteiger partial charge in [0, 0.05) is 18.8 Å². The van der Waals surface area contributed by atoms with E-state index >= 15 is 0 Å². The van der Waals surface area contributed by atoms with Gasteiger partial charge in [0.15, 0.2) is 0 Å². The van der Waals surface area contributed by atoms with Crippen molar-refractivity contribution in [1.82, 2.24) is 9.88 Å². The van der Waals surface area contributed by atoms with Crippen molar-refractivity contribution >= 4 is 5.91 Å². The topological polar surface area (TPSA) is 33.2 Å². The van der Waals surface area contributed by atoms with E-state index in [4.69, 9.17) is 0 Å². The van der Waals surface area contributed by atoms with Crippen molar-refractivity contribution in [2.24, 2.45) is 11.8 Å². The lowest BCUT2D eigenvalue weighted by molar-refractivity contribution is 0.0450. The van der Waals surface area contributed by atoms with E-state index in [0.717, 1.165) is 6.42 Å². The van der Waals surface area contributed by atoms with E-state index < -0.39 is 5.95 Å². The maximum Gasteiger partial charge on any atom is 0.258 e. The Kier molecular flexibility index (Phi) is 3.64. The Morgan fingerprint density at radius 2 is 2.17 bits per heavy atom. The summed E-state index contributed by atoms with van der Waals surface area (Å²) in [6, 6.07) is 3.24. The van der Waals surface area contributed by atoms with Crippen LogP contribution in [0.2, 0.25) is 0 Å². The molecule has 1 fully saturated rings. The third-order valence-corrected chi connectivity index (χ3v) is 3.85. The number of carbonyl (C=O) groups excluding carboxylic acids is 1. The Bertz CT molecular complexity index is 449. The maximum absolute atomic E-state index is 13.6. The SMILES string of the molecule is CC1CC(C)C(C)N(C(=O)c2cccnc2F)C1. The van der Waals surface area contributed by atoms with Crippen LogP contribution >= 0.6 is 0 Å². The summed E-state index contributed by atoms with van der Waals surface area (Å²) in [7, 11) is 0. The molecule has 0 saturated carbocycles. The Balaban J connectivity index is 2.25. The van der Waals surface area contributed by atoms with Gasteiger partial charge in [0.05, 0.1) is 5.56 Å². The minimum atomic E-state index is -0.680. The number of hydrogen-bond donors (Lipinski definition) is 0. The van der Waals surface area contributed by atoms with Gasteiger partial charge >= 0.3 is 0 Å². The highest BCUT2D eigenvalue weighted by Crippen LogP contribution is 2.28. The minimum absolute atomic E-state index is 0.0747. The normalized spacial score (nSPS) is 28.2. The first-order valence-corrected chi connectivity index (χ1v) is 6.42. The lowest BCUT2D eigenvalue weighted by Gasteiger charge is -2.41. The van der Waals surface area contributed by atoms with Gasteiger partial charge in [-0.25, -0.2) is 4.98 Å². The summed E-state index contributed by atoms with van der Waals surface area (Å²) in [5.41, 5.74) is 0.0747. The predicted octanol–water partition coefficient (Wildman–Crippen LogP) is 2.73. The zero-order valence-corrected chi connectivity index (χ0v) is 11.1. The van der Waals surface area contributed by atoms with Gasteiger partial charge in [0.2, 0.25) is 5.95 Å². The van der Waals surface area contributed by atoms with Crippen LogP contribution in [0.5, 0.6) is 0 Å². The average Bonchev–Trinajstić information content (AvgIpc) is 2.33. The monoisotopic (exact) mass is 250 g/mol. The van der Waals surface area contributed by atoms with Gasteiger partial charge in [-0.05, 0) is 37.3 Å². The van der Waals surface area contributed by atoms with Crippen LogP contribution in [-0.4, -0.2) is 28.4 Å². The number of likely N-dealkylation sites (tertiary alicyclic amines) is 1. The third-order valence-electron chi connectivity index (χ3n) is 3.85. The van der Waals surface area contributed by atoms with Gasteiger partial charge in [-0.2, -0.15) is 4.39 Å². The van der Waals surface area contributed by atoms with Gasteiger partial charge in [0.1, 0.15) is 0 Å². The molecule has 0 aromatic carbocycles. The van der Waals surface area contributed by atoms with Crippen molar-refractivity contribution < 1.29 is 9.18 Å². The van der Waals surface area contributed by atoms with Gasteiger partial charge in [-0.15, -0.1) is 0 Å². The van der Waals surface area contributed by atoms with Crippen molar-refractivity contribution in [2.45, 2.75) is 33.2 Å². The molecule has 1 saturated heterocycles. The van der Waals surface area contributed by atoms with E-state index in [1.165, 1.54) is 12.3 Å². The number of pyridine rings is 1. The first-order chi connectivity index (χ1) is 8.50. The van der Waals surface area contributed by atoms with Crippen LogP contribution in [0.3, 0.4) is 0 Å². The van der Waals surface area contributed by atoms with Crippen molar-refractivity contribution in [3.8, 4) is 0 Å². The Morgan fingerprint density at radius 3 is 2.83 bits per heavy atom. The molecule has 3 atom stereocenters. The molecule has 1 aromatic heterocycles. The third kappa shape index (κ3) is 2.37. The molecule has 0 bridgehead atoms. The van der Waals surface area contributed by atoms with Crippen molar-refractivity contribution in [3.05, 3.63) is 29.8 Å². The standard InChI is InChI=1S/C14H19FN2O/c1-9-7-10(2)11(3)17(8-9)14(18)12-5-4-6-16-13(12)15/h4-6,9-11H,7-8H2,1-3H3. The van der Waals surface area contributed by atoms with E-state index in [1.807, 2.05) is 6.92 Å². The Morgan fingerprint density at radius 1 is 1.44 bits per heavy atom. The van der Waals surface area contributed by atoms with Crippen LogP contribution in [0, 0.1) is 17.8 Å². The molecule has 4 heteroatoms. The highest BCUT2D eigenvalue weighted by Gasteiger charge is 2.33.